The molecule has 0 fully saturated rings. The van der Waals surface area contributed by atoms with Gasteiger partial charge in [0.25, 0.3) is 0 Å². The van der Waals surface area contributed by atoms with Crippen LogP contribution in [0.25, 0.3) is 0 Å². The molecule has 4 N–H and O–H groups in total. The second kappa shape index (κ2) is 6.99. The fourth-order valence-corrected chi connectivity index (χ4v) is 1.86. The Morgan fingerprint density at radius 2 is 2.16 bits per heavy atom. The van der Waals surface area contributed by atoms with E-state index in [4.69, 9.17) is 10.5 Å². The van der Waals surface area contributed by atoms with Crippen LogP contribution in [0.4, 0.5) is 5.69 Å². The molecule has 0 heterocycles. The molecule has 0 aliphatic heterocycles. The maximum Gasteiger partial charge on any atom is 0.228 e. The van der Waals surface area contributed by atoms with Gasteiger partial charge in [0.05, 0.1) is 18.7 Å². The lowest BCUT2D eigenvalue weighted by atomic mass is 9.96. The molecule has 5 heteroatoms. The fraction of sp³-hybridized carbons (Fsp3) is 0.500. The van der Waals surface area contributed by atoms with Gasteiger partial charge in [-0.2, -0.15) is 0 Å². The summed E-state index contributed by atoms with van der Waals surface area (Å²) in [5.41, 5.74) is 5.96. The number of hydrogen-bond donors (Lipinski definition) is 3. The van der Waals surface area contributed by atoms with Crippen molar-refractivity contribution in [2.45, 2.75) is 20.3 Å². The van der Waals surface area contributed by atoms with Gasteiger partial charge in [0.2, 0.25) is 5.91 Å². The molecule has 0 aliphatic rings. The molecular formula is C14H22N2O3. The van der Waals surface area contributed by atoms with Crippen molar-refractivity contribution in [2.75, 3.05) is 19.0 Å². The summed E-state index contributed by atoms with van der Waals surface area (Å²) in [5.74, 6) is 0.527. The van der Waals surface area contributed by atoms with Crippen LogP contribution in [-0.4, -0.2) is 24.7 Å². The van der Waals surface area contributed by atoms with E-state index >= 15 is 0 Å². The highest BCUT2D eigenvalue weighted by Gasteiger charge is 2.19. The SMILES string of the molecule is COc1ccc(O)c(NC(=O)C(CN)CC(C)C)c1. The molecule has 0 aromatic heterocycles. The van der Waals surface area contributed by atoms with Crippen molar-refractivity contribution in [3.8, 4) is 11.5 Å². The number of methoxy groups -OCH3 is 1. The summed E-state index contributed by atoms with van der Waals surface area (Å²) in [5, 5.41) is 12.4. The van der Waals surface area contributed by atoms with Crippen LogP contribution >= 0.6 is 0 Å². The molecular weight excluding hydrogens is 244 g/mol. The highest BCUT2D eigenvalue weighted by atomic mass is 16.5. The summed E-state index contributed by atoms with van der Waals surface area (Å²) in [6.07, 6.45) is 0.715. The third kappa shape index (κ3) is 4.44. The summed E-state index contributed by atoms with van der Waals surface area (Å²) in [4.78, 5) is 12.1. The van der Waals surface area contributed by atoms with Gasteiger partial charge < -0.3 is 20.9 Å². The first-order chi connectivity index (χ1) is 8.97. The number of nitrogens with one attached hydrogen (secondary N) is 1. The maximum atomic E-state index is 12.1. The minimum Gasteiger partial charge on any atom is -0.506 e. The zero-order valence-corrected chi connectivity index (χ0v) is 11.6. The molecule has 1 aromatic carbocycles. The molecule has 1 atom stereocenters. The second-order valence-corrected chi connectivity index (χ2v) is 4.93. The quantitative estimate of drug-likeness (QED) is 0.687. The summed E-state index contributed by atoms with van der Waals surface area (Å²) >= 11 is 0. The van der Waals surface area contributed by atoms with Gasteiger partial charge in [-0.3, -0.25) is 4.79 Å². The first-order valence-electron chi connectivity index (χ1n) is 6.35. The first-order valence-corrected chi connectivity index (χ1v) is 6.35. The molecule has 1 unspecified atom stereocenters. The summed E-state index contributed by atoms with van der Waals surface area (Å²) in [6, 6.07) is 4.68. The normalized spacial score (nSPS) is 12.3. The van der Waals surface area contributed by atoms with E-state index < -0.39 is 0 Å². The van der Waals surface area contributed by atoms with Gasteiger partial charge in [0, 0.05) is 12.6 Å². The number of carbonyl (C=O) groups excluding carboxylic acids is 1. The topological polar surface area (TPSA) is 84.6 Å². The Labute approximate surface area is 113 Å². The zero-order chi connectivity index (χ0) is 14.4. The van der Waals surface area contributed by atoms with Crippen LogP contribution in [0.1, 0.15) is 20.3 Å². The van der Waals surface area contributed by atoms with Crippen LogP contribution in [0.3, 0.4) is 0 Å². The Hall–Kier alpha value is -1.75. The number of phenolic OH excluding ortho intramolecular Hbond substituents is 1. The molecule has 0 aliphatic carbocycles. The minimum atomic E-state index is -0.259. The van der Waals surface area contributed by atoms with E-state index in [2.05, 4.69) is 5.32 Å². The zero-order valence-electron chi connectivity index (χ0n) is 11.6. The number of phenols is 1. The number of ether oxygens (including phenoxy) is 1. The van der Waals surface area contributed by atoms with Crippen molar-refractivity contribution in [2.24, 2.45) is 17.6 Å². The molecule has 0 radical (unpaired) electrons. The Kier molecular flexibility index (Phi) is 5.63. The number of carbonyl (C=O) groups is 1. The number of hydrogen-bond acceptors (Lipinski definition) is 4. The van der Waals surface area contributed by atoms with Crippen molar-refractivity contribution >= 4 is 11.6 Å². The van der Waals surface area contributed by atoms with Crippen LogP contribution < -0.4 is 15.8 Å². The number of anilines is 1. The Morgan fingerprint density at radius 1 is 1.47 bits per heavy atom. The maximum absolute atomic E-state index is 12.1. The third-order valence-corrected chi connectivity index (χ3v) is 2.87. The summed E-state index contributed by atoms with van der Waals surface area (Å²) < 4.78 is 5.06. The summed E-state index contributed by atoms with van der Waals surface area (Å²) in [6.45, 7) is 4.37. The van der Waals surface area contributed by atoms with E-state index in [0.29, 0.717) is 23.8 Å². The van der Waals surface area contributed by atoms with E-state index in [-0.39, 0.29) is 24.1 Å². The third-order valence-electron chi connectivity index (χ3n) is 2.87. The molecule has 0 spiro atoms. The van der Waals surface area contributed by atoms with Crippen molar-refractivity contribution in [1.29, 1.82) is 0 Å². The van der Waals surface area contributed by atoms with Gasteiger partial charge in [-0.15, -0.1) is 0 Å². The van der Waals surface area contributed by atoms with Crippen LogP contribution in [0.15, 0.2) is 18.2 Å². The van der Waals surface area contributed by atoms with Crippen LogP contribution in [-0.2, 0) is 4.79 Å². The van der Waals surface area contributed by atoms with Crippen molar-refractivity contribution < 1.29 is 14.6 Å². The van der Waals surface area contributed by atoms with Gasteiger partial charge in [0.15, 0.2) is 0 Å². The molecule has 1 rings (SSSR count). The number of aromatic hydroxyl groups is 1. The number of rotatable bonds is 6. The molecule has 0 bridgehead atoms. The van der Waals surface area contributed by atoms with Gasteiger partial charge in [-0.25, -0.2) is 0 Å². The number of benzene rings is 1. The minimum absolute atomic E-state index is 0.00877. The smallest absolute Gasteiger partial charge is 0.228 e. The monoisotopic (exact) mass is 266 g/mol. The lowest BCUT2D eigenvalue weighted by Gasteiger charge is -2.17. The van der Waals surface area contributed by atoms with Crippen molar-refractivity contribution in [3.63, 3.8) is 0 Å². The van der Waals surface area contributed by atoms with E-state index in [1.807, 2.05) is 13.8 Å². The highest BCUT2D eigenvalue weighted by Crippen LogP contribution is 2.28. The molecule has 1 aromatic rings. The average molecular weight is 266 g/mol. The molecule has 0 saturated carbocycles. The van der Waals surface area contributed by atoms with Gasteiger partial charge in [0.1, 0.15) is 11.5 Å². The van der Waals surface area contributed by atoms with E-state index in [9.17, 15) is 9.90 Å². The largest absolute Gasteiger partial charge is 0.506 e. The van der Waals surface area contributed by atoms with Crippen LogP contribution in [0, 0.1) is 11.8 Å². The summed E-state index contributed by atoms with van der Waals surface area (Å²) in [7, 11) is 1.53. The Balaban J connectivity index is 2.80. The molecule has 19 heavy (non-hydrogen) atoms. The predicted octanol–water partition coefficient (Wildman–Crippen LogP) is 1.96. The molecule has 106 valence electrons. The van der Waals surface area contributed by atoms with Gasteiger partial charge in [-0.05, 0) is 24.5 Å². The van der Waals surface area contributed by atoms with Gasteiger partial charge in [-0.1, -0.05) is 13.8 Å². The van der Waals surface area contributed by atoms with Crippen LogP contribution in [0.5, 0.6) is 11.5 Å². The predicted molar refractivity (Wildman–Crippen MR) is 75.3 cm³/mol. The lowest BCUT2D eigenvalue weighted by Crippen LogP contribution is -2.30. The van der Waals surface area contributed by atoms with Crippen molar-refractivity contribution in [3.05, 3.63) is 18.2 Å². The van der Waals surface area contributed by atoms with E-state index in [0.717, 1.165) is 0 Å². The van der Waals surface area contributed by atoms with E-state index in [1.54, 1.807) is 12.1 Å². The number of nitrogens with two attached hydrogens (primary N) is 1. The molecule has 1 amide bonds. The second-order valence-electron chi connectivity index (χ2n) is 4.93. The van der Waals surface area contributed by atoms with Gasteiger partial charge >= 0.3 is 0 Å². The lowest BCUT2D eigenvalue weighted by molar-refractivity contribution is -0.120. The van der Waals surface area contributed by atoms with E-state index in [1.165, 1.54) is 13.2 Å². The molecule has 0 saturated heterocycles. The molecule has 5 nitrogen and oxygen atoms in total. The Morgan fingerprint density at radius 3 is 2.68 bits per heavy atom. The average Bonchev–Trinajstić information content (AvgIpc) is 2.38. The Bertz CT molecular complexity index is 433. The highest BCUT2D eigenvalue weighted by molar-refractivity contribution is 5.94. The first kappa shape index (κ1) is 15.3. The van der Waals surface area contributed by atoms with Crippen molar-refractivity contribution in [1.82, 2.24) is 0 Å². The standard InChI is InChI=1S/C14H22N2O3/c1-9(2)6-10(8-15)14(18)16-12-7-11(19-3)4-5-13(12)17/h4-5,7,9-10,17H,6,8,15H2,1-3H3,(H,16,18). The fourth-order valence-electron chi connectivity index (χ4n) is 1.86. The van der Waals surface area contributed by atoms with Crippen LogP contribution in [0.2, 0.25) is 0 Å². The number of amides is 1.